The summed E-state index contributed by atoms with van der Waals surface area (Å²) in [6.45, 7) is 3.11. The van der Waals surface area contributed by atoms with Crippen molar-refractivity contribution in [1.29, 1.82) is 0 Å². The van der Waals surface area contributed by atoms with Crippen LogP contribution in [0, 0.1) is 5.41 Å². The lowest BCUT2D eigenvalue weighted by Gasteiger charge is -2.19. The van der Waals surface area contributed by atoms with Gasteiger partial charge in [-0.2, -0.15) is 0 Å². The highest BCUT2D eigenvalue weighted by Gasteiger charge is 2.28. The monoisotopic (exact) mass is 340 g/mol. The number of ether oxygens (including phenoxy) is 1. The number of hydrogen-bond acceptors (Lipinski definition) is 5. The number of esters is 1. The summed E-state index contributed by atoms with van der Waals surface area (Å²) < 4.78 is 5.63. The third-order valence-corrected chi connectivity index (χ3v) is 3.18. The third kappa shape index (κ3) is 2.79. The van der Waals surface area contributed by atoms with Gasteiger partial charge in [-0.25, -0.2) is 14.8 Å². The van der Waals surface area contributed by atoms with Gasteiger partial charge >= 0.3 is 5.97 Å². The third-order valence-electron chi connectivity index (χ3n) is 2.80. The Hall–Kier alpha value is -1.96. The van der Waals surface area contributed by atoms with Gasteiger partial charge in [0.2, 0.25) is 5.91 Å². The lowest BCUT2D eigenvalue weighted by molar-refractivity contribution is -0.127. The number of aromatic nitrogens is 3. The van der Waals surface area contributed by atoms with Crippen molar-refractivity contribution >= 4 is 39.0 Å². The van der Waals surface area contributed by atoms with E-state index in [2.05, 4.69) is 30.9 Å². The lowest BCUT2D eigenvalue weighted by Crippen LogP contribution is -2.36. The maximum atomic E-state index is 12.0. The van der Waals surface area contributed by atoms with Gasteiger partial charge in [0.1, 0.15) is 22.3 Å². The Kier molecular flexibility index (Phi) is 3.76. The van der Waals surface area contributed by atoms with Crippen LogP contribution in [0.15, 0.2) is 17.0 Å². The van der Waals surface area contributed by atoms with Crippen LogP contribution in [0.3, 0.4) is 0 Å². The first-order valence-corrected chi connectivity index (χ1v) is 6.57. The highest BCUT2D eigenvalue weighted by molar-refractivity contribution is 9.10. The standard InChI is InChI=1S/C12H13BrN4O3/c1-12(2,11(14)19)5-20-10(18)6-3-15-9-8(6)17-7(13)4-16-9/h3-4H,5H2,1-2H3,(H2,14,19)(H,15,16). The molecule has 0 aromatic carbocycles. The zero-order valence-corrected chi connectivity index (χ0v) is 12.5. The van der Waals surface area contributed by atoms with E-state index in [4.69, 9.17) is 10.5 Å². The van der Waals surface area contributed by atoms with Crippen molar-refractivity contribution in [2.24, 2.45) is 11.1 Å². The van der Waals surface area contributed by atoms with Gasteiger partial charge in [-0.05, 0) is 29.8 Å². The molecule has 0 radical (unpaired) electrons. The molecular formula is C12H13BrN4O3. The first kappa shape index (κ1) is 14.4. The molecule has 2 heterocycles. The largest absolute Gasteiger partial charge is 0.461 e. The average Bonchev–Trinajstić information content (AvgIpc) is 2.78. The SMILES string of the molecule is CC(C)(COC(=O)c1c[nH]c2ncc(Br)nc12)C(N)=O. The second-order valence-electron chi connectivity index (χ2n) is 4.92. The molecule has 0 bridgehead atoms. The van der Waals surface area contributed by atoms with Crippen molar-refractivity contribution in [3.05, 3.63) is 22.6 Å². The summed E-state index contributed by atoms with van der Waals surface area (Å²) in [4.78, 5) is 34.3. The lowest BCUT2D eigenvalue weighted by atomic mass is 9.94. The minimum Gasteiger partial charge on any atom is -0.461 e. The van der Waals surface area contributed by atoms with Crippen molar-refractivity contribution in [2.75, 3.05) is 6.61 Å². The molecule has 0 atom stereocenters. The Morgan fingerprint density at radius 1 is 1.50 bits per heavy atom. The normalized spacial score (nSPS) is 11.6. The summed E-state index contributed by atoms with van der Waals surface area (Å²) in [7, 11) is 0. The Morgan fingerprint density at radius 2 is 2.20 bits per heavy atom. The smallest absolute Gasteiger partial charge is 0.342 e. The number of nitrogens with zero attached hydrogens (tertiary/aromatic N) is 2. The zero-order chi connectivity index (χ0) is 14.9. The molecule has 106 valence electrons. The van der Waals surface area contributed by atoms with Gasteiger partial charge in [0.05, 0.1) is 11.6 Å². The highest BCUT2D eigenvalue weighted by atomic mass is 79.9. The Bertz CT molecular complexity index is 680. The van der Waals surface area contributed by atoms with Crippen LogP contribution in [0.4, 0.5) is 0 Å². The van der Waals surface area contributed by atoms with Crippen molar-refractivity contribution in [3.63, 3.8) is 0 Å². The number of fused-ring (bicyclic) bond motifs is 1. The molecule has 0 spiro atoms. The summed E-state index contributed by atoms with van der Waals surface area (Å²) in [5.41, 5.74) is 5.44. The van der Waals surface area contributed by atoms with Crippen LogP contribution in [-0.2, 0) is 9.53 Å². The number of hydrogen-bond donors (Lipinski definition) is 2. The summed E-state index contributed by atoms with van der Waals surface area (Å²) in [5.74, 6) is -1.12. The van der Waals surface area contributed by atoms with Crippen LogP contribution in [0.1, 0.15) is 24.2 Å². The highest BCUT2D eigenvalue weighted by Crippen LogP contribution is 2.19. The number of primary amides is 1. The van der Waals surface area contributed by atoms with E-state index in [-0.39, 0.29) is 12.2 Å². The molecule has 2 rings (SSSR count). The second-order valence-corrected chi connectivity index (χ2v) is 5.73. The molecule has 0 aliphatic carbocycles. The summed E-state index contributed by atoms with van der Waals surface area (Å²) in [6.07, 6.45) is 2.99. The van der Waals surface area contributed by atoms with Gasteiger partial charge in [-0.3, -0.25) is 4.79 Å². The van der Waals surface area contributed by atoms with Crippen LogP contribution in [0.25, 0.3) is 11.2 Å². The van der Waals surface area contributed by atoms with Crippen molar-refractivity contribution in [2.45, 2.75) is 13.8 Å². The van der Waals surface area contributed by atoms with Crippen molar-refractivity contribution in [3.8, 4) is 0 Å². The van der Waals surface area contributed by atoms with E-state index < -0.39 is 17.3 Å². The van der Waals surface area contributed by atoms with Gasteiger partial charge in [0, 0.05) is 6.20 Å². The number of carbonyl (C=O) groups excluding carboxylic acids is 2. The van der Waals surface area contributed by atoms with Crippen LogP contribution in [0.2, 0.25) is 0 Å². The maximum Gasteiger partial charge on any atom is 0.342 e. The van der Waals surface area contributed by atoms with Crippen LogP contribution >= 0.6 is 15.9 Å². The molecule has 3 N–H and O–H groups in total. The molecule has 0 saturated carbocycles. The quantitative estimate of drug-likeness (QED) is 0.817. The van der Waals surface area contributed by atoms with Crippen molar-refractivity contribution in [1.82, 2.24) is 15.0 Å². The maximum absolute atomic E-state index is 12.0. The summed E-state index contributed by atoms with van der Waals surface area (Å²) >= 11 is 3.19. The van der Waals surface area contributed by atoms with Crippen LogP contribution < -0.4 is 5.73 Å². The van der Waals surface area contributed by atoms with Gasteiger partial charge in [0.15, 0.2) is 5.65 Å². The van der Waals surface area contributed by atoms with E-state index >= 15 is 0 Å². The molecule has 0 unspecified atom stereocenters. The van der Waals surface area contributed by atoms with Crippen LogP contribution in [0.5, 0.6) is 0 Å². The number of nitrogens with two attached hydrogens (primary N) is 1. The van der Waals surface area contributed by atoms with E-state index in [9.17, 15) is 9.59 Å². The number of aromatic amines is 1. The predicted octanol–water partition coefficient (Wildman–Crippen LogP) is 1.39. The minimum atomic E-state index is -0.923. The Labute approximate surface area is 123 Å². The topological polar surface area (TPSA) is 111 Å². The molecule has 0 aliphatic heterocycles. The molecule has 0 fully saturated rings. The fourth-order valence-corrected chi connectivity index (χ4v) is 1.70. The predicted molar refractivity (Wildman–Crippen MR) is 74.8 cm³/mol. The van der Waals surface area contributed by atoms with E-state index in [1.165, 1.54) is 12.4 Å². The summed E-state index contributed by atoms with van der Waals surface area (Å²) in [6, 6.07) is 0. The zero-order valence-electron chi connectivity index (χ0n) is 10.9. The molecule has 2 aromatic heterocycles. The number of nitrogens with one attached hydrogen (secondary N) is 1. The molecule has 0 saturated heterocycles. The van der Waals surface area contributed by atoms with Crippen LogP contribution in [-0.4, -0.2) is 33.4 Å². The molecule has 20 heavy (non-hydrogen) atoms. The molecule has 2 aromatic rings. The number of rotatable bonds is 4. The molecule has 7 nitrogen and oxygen atoms in total. The number of amides is 1. The fourth-order valence-electron chi connectivity index (χ4n) is 1.42. The second kappa shape index (κ2) is 5.20. The summed E-state index contributed by atoms with van der Waals surface area (Å²) in [5, 5.41) is 0. The minimum absolute atomic E-state index is 0.102. The van der Waals surface area contributed by atoms with E-state index in [0.29, 0.717) is 15.8 Å². The van der Waals surface area contributed by atoms with E-state index in [0.717, 1.165) is 0 Å². The molecule has 0 aliphatic rings. The number of halogens is 1. The van der Waals surface area contributed by atoms with Gasteiger partial charge < -0.3 is 15.5 Å². The molecule has 1 amide bonds. The van der Waals surface area contributed by atoms with Crippen molar-refractivity contribution < 1.29 is 14.3 Å². The Morgan fingerprint density at radius 3 is 2.85 bits per heavy atom. The van der Waals surface area contributed by atoms with E-state index in [1.54, 1.807) is 13.8 Å². The number of carbonyl (C=O) groups is 2. The van der Waals surface area contributed by atoms with Gasteiger partial charge in [-0.1, -0.05) is 0 Å². The average molecular weight is 341 g/mol. The van der Waals surface area contributed by atoms with Gasteiger partial charge in [0.25, 0.3) is 0 Å². The first-order valence-electron chi connectivity index (χ1n) is 5.78. The Balaban J connectivity index is 2.20. The molecular weight excluding hydrogens is 328 g/mol. The number of H-pyrrole nitrogens is 1. The molecule has 8 heteroatoms. The van der Waals surface area contributed by atoms with Gasteiger partial charge in [-0.15, -0.1) is 0 Å². The first-order chi connectivity index (χ1) is 9.31. The fraction of sp³-hybridized carbons (Fsp3) is 0.333. The van der Waals surface area contributed by atoms with E-state index in [1.807, 2.05) is 0 Å².